The van der Waals surface area contributed by atoms with Crippen LogP contribution in [0.5, 0.6) is 0 Å². The summed E-state index contributed by atoms with van der Waals surface area (Å²) in [4.78, 5) is 20.8. The second-order valence-corrected chi connectivity index (χ2v) is 5.58. The van der Waals surface area contributed by atoms with E-state index in [0.29, 0.717) is 11.3 Å². The molecule has 10 heteroatoms. The number of carbonyl (C=O) groups is 1. The number of carbonyl (C=O) groups excluding carboxylic acids is 1. The maximum atomic E-state index is 12.4. The molecule has 3 heterocycles. The molecule has 3 aromatic heterocycles. The minimum Gasteiger partial charge on any atom is -0.379 e. The SMILES string of the molecule is Nc1nonc1-c1nc2ccccc2n1CC(=O)NN=Cc1ccncc1. The molecule has 10 nitrogen and oxygen atoms in total. The number of nitrogens with two attached hydrogens (primary N) is 1. The van der Waals surface area contributed by atoms with Gasteiger partial charge in [-0.2, -0.15) is 5.10 Å². The summed E-state index contributed by atoms with van der Waals surface area (Å²) in [7, 11) is 0. The van der Waals surface area contributed by atoms with Crippen LogP contribution >= 0.6 is 0 Å². The number of rotatable bonds is 5. The Balaban J connectivity index is 1.60. The minimum atomic E-state index is -0.334. The van der Waals surface area contributed by atoms with Crippen LogP contribution in [0.1, 0.15) is 5.56 Å². The third-order valence-corrected chi connectivity index (χ3v) is 3.79. The highest BCUT2D eigenvalue weighted by Gasteiger charge is 2.20. The first-order valence-corrected chi connectivity index (χ1v) is 7.98. The van der Waals surface area contributed by atoms with E-state index in [1.807, 2.05) is 24.3 Å². The first-order chi connectivity index (χ1) is 13.2. The highest BCUT2D eigenvalue weighted by Crippen LogP contribution is 2.26. The molecular formula is C17H14N8O2. The smallest absolute Gasteiger partial charge is 0.260 e. The number of aromatic nitrogens is 5. The molecular weight excluding hydrogens is 348 g/mol. The van der Waals surface area contributed by atoms with E-state index in [1.54, 1.807) is 29.1 Å². The number of nitrogen functional groups attached to an aromatic ring is 1. The molecule has 0 radical (unpaired) electrons. The van der Waals surface area contributed by atoms with E-state index < -0.39 is 0 Å². The molecule has 27 heavy (non-hydrogen) atoms. The molecule has 4 aromatic rings. The third-order valence-electron chi connectivity index (χ3n) is 3.79. The molecule has 1 aromatic carbocycles. The molecule has 1 amide bonds. The van der Waals surface area contributed by atoms with Crippen molar-refractivity contribution in [3.05, 3.63) is 54.4 Å². The maximum absolute atomic E-state index is 12.4. The van der Waals surface area contributed by atoms with Crippen LogP contribution in [-0.4, -0.2) is 37.0 Å². The first-order valence-electron chi connectivity index (χ1n) is 7.98. The van der Waals surface area contributed by atoms with Gasteiger partial charge in [-0.3, -0.25) is 9.78 Å². The van der Waals surface area contributed by atoms with Crippen LogP contribution < -0.4 is 11.2 Å². The van der Waals surface area contributed by atoms with Crippen LogP contribution in [0.4, 0.5) is 5.82 Å². The molecule has 0 saturated heterocycles. The van der Waals surface area contributed by atoms with Crippen molar-refractivity contribution in [3.8, 4) is 11.5 Å². The predicted molar refractivity (Wildman–Crippen MR) is 97.4 cm³/mol. The molecule has 0 atom stereocenters. The summed E-state index contributed by atoms with van der Waals surface area (Å²) in [5.41, 5.74) is 10.8. The van der Waals surface area contributed by atoms with E-state index in [9.17, 15) is 4.79 Å². The summed E-state index contributed by atoms with van der Waals surface area (Å²) >= 11 is 0. The van der Waals surface area contributed by atoms with Gasteiger partial charge in [0.25, 0.3) is 5.91 Å². The molecule has 4 rings (SSSR count). The van der Waals surface area contributed by atoms with Gasteiger partial charge < -0.3 is 10.3 Å². The van der Waals surface area contributed by atoms with E-state index in [0.717, 1.165) is 11.1 Å². The van der Waals surface area contributed by atoms with Crippen molar-refractivity contribution in [1.82, 2.24) is 30.3 Å². The van der Waals surface area contributed by atoms with Gasteiger partial charge in [-0.1, -0.05) is 12.1 Å². The Morgan fingerprint density at radius 2 is 2.04 bits per heavy atom. The van der Waals surface area contributed by atoms with Crippen molar-refractivity contribution in [1.29, 1.82) is 0 Å². The molecule has 3 N–H and O–H groups in total. The van der Waals surface area contributed by atoms with Crippen LogP contribution in [0.3, 0.4) is 0 Å². The van der Waals surface area contributed by atoms with Gasteiger partial charge in [0.2, 0.25) is 0 Å². The molecule has 0 aliphatic rings. The lowest BCUT2D eigenvalue weighted by Gasteiger charge is -2.06. The average Bonchev–Trinajstić information content (AvgIpc) is 3.26. The van der Waals surface area contributed by atoms with Crippen LogP contribution in [0.25, 0.3) is 22.6 Å². The number of para-hydroxylation sites is 2. The van der Waals surface area contributed by atoms with Gasteiger partial charge in [0, 0.05) is 12.4 Å². The molecule has 0 aliphatic heterocycles. The number of hydrogen-bond acceptors (Lipinski definition) is 8. The van der Waals surface area contributed by atoms with Crippen molar-refractivity contribution in [2.45, 2.75) is 6.54 Å². The predicted octanol–water partition coefficient (Wildman–Crippen LogP) is 1.21. The van der Waals surface area contributed by atoms with Gasteiger partial charge in [-0.25, -0.2) is 15.0 Å². The van der Waals surface area contributed by atoms with E-state index >= 15 is 0 Å². The zero-order valence-electron chi connectivity index (χ0n) is 14.0. The number of pyridine rings is 1. The first kappa shape index (κ1) is 16.4. The van der Waals surface area contributed by atoms with E-state index in [-0.39, 0.29) is 24.0 Å². The fourth-order valence-corrected chi connectivity index (χ4v) is 2.57. The Labute approximate surface area is 152 Å². The molecule has 0 fully saturated rings. The number of imidazole rings is 1. The number of fused-ring (bicyclic) bond motifs is 1. The van der Waals surface area contributed by atoms with Gasteiger partial charge in [0.15, 0.2) is 17.3 Å². The Kier molecular flexibility index (Phi) is 4.27. The van der Waals surface area contributed by atoms with E-state index in [1.165, 1.54) is 6.21 Å². The topological polar surface area (TPSA) is 137 Å². The fraction of sp³-hybridized carbons (Fsp3) is 0.0588. The fourth-order valence-electron chi connectivity index (χ4n) is 2.57. The summed E-state index contributed by atoms with van der Waals surface area (Å²) < 4.78 is 6.35. The Morgan fingerprint density at radius 3 is 2.81 bits per heavy atom. The second kappa shape index (κ2) is 7.04. The normalized spacial score (nSPS) is 11.3. The highest BCUT2D eigenvalue weighted by atomic mass is 16.6. The number of nitrogens with zero attached hydrogens (tertiary/aromatic N) is 6. The summed E-state index contributed by atoms with van der Waals surface area (Å²) in [5.74, 6) is 0.158. The van der Waals surface area contributed by atoms with Gasteiger partial charge in [0.1, 0.15) is 6.54 Å². The molecule has 0 unspecified atom stereocenters. The molecule has 134 valence electrons. The molecule has 0 saturated carbocycles. The number of hydrazone groups is 1. The van der Waals surface area contributed by atoms with Crippen LogP contribution in [-0.2, 0) is 11.3 Å². The highest BCUT2D eigenvalue weighted by molar-refractivity contribution is 5.86. The van der Waals surface area contributed by atoms with Crippen molar-refractivity contribution in [2.75, 3.05) is 5.73 Å². The largest absolute Gasteiger partial charge is 0.379 e. The van der Waals surface area contributed by atoms with Crippen molar-refractivity contribution in [3.63, 3.8) is 0 Å². The lowest BCUT2D eigenvalue weighted by atomic mass is 10.3. The van der Waals surface area contributed by atoms with Crippen molar-refractivity contribution in [2.24, 2.45) is 5.10 Å². The lowest BCUT2D eigenvalue weighted by Crippen LogP contribution is -2.23. The van der Waals surface area contributed by atoms with Crippen molar-refractivity contribution >= 4 is 29.0 Å². The zero-order valence-corrected chi connectivity index (χ0v) is 14.0. The van der Waals surface area contributed by atoms with Gasteiger partial charge in [-0.15, -0.1) is 0 Å². The Morgan fingerprint density at radius 1 is 1.22 bits per heavy atom. The van der Waals surface area contributed by atoms with Gasteiger partial charge >= 0.3 is 0 Å². The number of amides is 1. The number of benzene rings is 1. The Bertz CT molecular complexity index is 1120. The Hall–Kier alpha value is -4.08. The monoisotopic (exact) mass is 362 g/mol. The molecule has 0 spiro atoms. The second-order valence-electron chi connectivity index (χ2n) is 5.58. The van der Waals surface area contributed by atoms with E-state index in [2.05, 4.69) is 35.4 Å². The standard InChI is InChI=1S/C17H14N8O2/c18-16-15(23-27-24-16)17-21-12-3-1-2-4-13(12)25(17)10-14(26)22-20-9-11-5-7-19-8-6-11/h1-9H,10H2,(H2,18,24)(H,22,26). The number of anilines is 1. The average molecular weight is 362 g/mol. The number of nitrogens with one attached hydrogen (secondary N) is 1. The molecule has 0 bridgehead atoms. The lowest BCUT2D eigenvalue weighted by molar-refractivity contribution is -0.121. The van der Waals surface area contributed by atoms with Gasteiger partial charge in [-0.05, 0) is 40.1 Å². The quantitative estimate of drug-likeness (QED) is 0.402. The van der Waals surface area contributed by atoms with Crippen molar-refractivity contribution < 1.29 is 9.42 Å². The summed E-state index contributed by atoms with van der Waals surface area (Å²) in [6.07, 6.45) is 4.82. The zero-order chi connectivity index (χ0) is 18.6. The van der Waals surface area contributed by atoms with E-state index in [4.69, 9.17) is 5.73 Å². The summed E-state index contributed by atoms with van der Waals surface area (Å²) in [6.45, 7) is -0.0319. The minimum absolute atomic E-state index is 0.0319. The number of hydrogen-bond donors (Lipinski definition) is 2. The van der Waals surface area contributed by atoms with Crippen LogP contribution in [0.15, 0.2) is 58.5 Å². The molecule has 0 aliphatic carbocycles. The van der Waals surface area contributed by atoms with Gasteiger partial charge in [0.05, 0.1) is 17.2 Å². The summed E-state index contributed by atoms with van der Waals surface area (Å²) in [6, 6.07) is 10.9. The third kappa shape index (κ3) is 3.35. The van der Waals surface area contributed by atoms with Crippen LogP contribution in [0.2, 0.25) is 0 Å². The van der Waals surface area contributed by atoms with Crippen LogP contribution in [0, 0.1) is 0 Å². The summed E-state index contributed by atoms with van der Waals surface area (Å²) in [5, 5.41) is 11.3. The maximum Gasteiger partial charge on any atom is 0.260 e.